The molecule has 0 radical (unpaired) electrons. The minimum atomic E-state index is 0. The molecule has 2 aromatic heterocycles. The van der Waals surface area contributed by atoms with Crippen LogP contribution in [0.1, 0.15) is 25.8 Å². The summed E-state index contributed by atoms with van der Waals surface area (Å²) in [7, 11) is 0. The van der Waals surface area contributed by atoms with E-state index in [0.717, 1.165) is 34.6 Å². The Kier molecular flexibility index (Phi) is 8.22. The third kappa shape index (κ3) is 4.62. The summed E-state index contributed by atoms with van der Waals surface area (Å²) >= 11 is 5.27. The fraction of sp³-hybridized carbons (Fsp3) is 0.308. The fourth-order valence-electron chi connectivity index (χ4n) is 4.40. The summed E-state index contributed by atoms with van der Waals surface area (Å²) in [5, 5.41) is 4.99. The molecule has 4 nitrogen and oxygen atoms in total. The van der Waals surface area contributed by atoms with E-state index in [1.807, 2.05) is 40.7 Å². The van der Waals surface area contributed by atoms with Gasteiger partial charge in [-0.3, -0.25) is 9.36 Å². The molecule has 0 N–H and O–H groups in total. The Morgan fingerprint density at radius 1 is 1.03 bits per heavy atom. The van der Waals surface area contributed by atoms with Crippen LogP contribution in [0.2, 0.25) is 0 Å². The topological polar surface area (TPSA) is 29.1 Å². The number of nitrogens with zero attached hydrogens (tertiary/aromatic N) is 3. The largest absolute Gasteiger partial charge is 1.00 e. The van der Waals surface area contributed by atoms with E-state index in [2.05, 4.69) is 71.9 Å². The molecule has 2 aromatic carbocycles. The molecule has 1 aliphatic rings. The molecule has 8 heteroatoms. The number of fused-ring (bicyclic) bond motifs is 3. The molecule has 0 bridgehead atoms. The zero-order valence-electron chi connectivity index (χ0n) is 19.6. The Morgan fingerprint density at radius 3 is 2.62 bits per heavy atom. The quantitative estimate of drug-likeness (QED) is 0.247. The predicted octanol–water partition coefficient (Wildman–Crippen LogP) is 1.13. The molecule has 1 fully saturated rings. The molecule has 0 atom stereocenters. The van der Waals surface area contributed by atoms with Crippen molar-refractivity contribution in [2.24, 2.45) is 0 Å². The van der Waals surface area contributed by atoms with Crippen LogP contribution in [0.25, 0.3) is 33.1 Å². The van der Waals surface area contributed by atoms with Gasteiger partial charge in [-0.15, -0.1) is 23.1 Å². The molecule has 0 saturated carbocycles. The van der Waals surface area contributed by atoms with E-state index in [9.17, 15) is 4.79 Å². The Labute approximate surface area is 228 Å². The van der Waals surface area contributed by atoms with Crippen molar-refractivity contribution in [2.45, 2.75) is 33.9 Å². The molecule has 34 heavy (non-hydrogen) atoms. The first-order valence-electron chi connectivity index (χ1n) is 11.5. The van der Waals surface area contributed by atoms with Crippen LogP contribution < -0.4 is 43.3 Å². The van der Waals surface area contributed by atoms with Crippen molar-refractivity contribution in [2.75, 3.05) is 18.8 Å². The number of hydrogen-bond donors (Lipinski definition) is 0. The number of thioether (sulfide) groups is 1. The van der Waals surface area contributed by atoms with E-state index in [1.165, 1.54) is 31.0 Å². The Balaban J connectivity index is 0.00000274. The fourth-order valence-corrected chi connectivity index (χ4v) is 7.91. The van der Waals surface area contributed by atoms with Gasteiger partial charge >= 0.3 is 0 Å². The molecule has 0 unspecified atom stereocenters. The molecule has 1 aliphatic heterocycles. The van der Waals surface area contributed by atoms with E-state index in [4.69, 9.17) is 0 Å². The van der Waals surface area contributed by atoms with Gasteiger partial charge in [-0.25, -0.2) is 0 Å². The molecule has 0 spiro atoms. The van der Waals surface area contributed by atoms with Crippen molar-refractivity contribution in [1.82, 2.24) is 9.47 Å². The zero-order chi connectivity index (χ0) is 22.9. The lowest BCUT2D eigenvalue weighted by Crippen LogP contribution is -3.00. The van der Waals surface area contributed by atoms with E-state index in [-0.39, 0.29) is 29.5 Å². The van der Waals surface area contributed by atoms with Crippen LogP contribution in [0.15, 0.2) is 52.3 Å². The summed E-state index contributed by atoms with van der Waals surface area (Å²) < 4.78 is 7.37. The predicted molar refractivity (Wildman–Crippen MR) is 145 cm³/mol. The van der Waals surface area contributed by atoms with E-state index < -0.39 is 0 Å². The van der Waals surface area contributed by atoms with Gasteiger partial charge in [-0.2, -0.15) is 4.57 Å². The summed E-state index contributed by atoms with van der Waals surface area (Å²) in [6, 6.07) is 13.0. The Bertz CT molecular complexity index is 1550. The number of aromatic nitrogens is 2. The standard InChI is InChI=1S/C26H28N3OS3.HI/c1-4-27-15-16-31-22(27)14-13-21-26(30)29(6-3)24(32-21)17-23-28(5-2)20-12-11-18-9-7-8-10-19(18)25(20)33-23;/h7-14,17H,4-6,15-16H2,1-3H3;1H/q+1;/p-1/b21-13-,22-14-;. The zero-order valence-corrected chi connectivity index (χ0v) is 24.2. The van der Waals surface area contributed by atoms with Gasteiger partial charge in [0.1, 0.15) is 15.9 Å². The number of rotatable bonds is 5. The molecule has 4 aromatic rings. The average Bonchev–Trinajstić information content (AvgIpc) is 3.52. The van der Waals surface area contributed by atoms with Gasteiger partial charge in [0.2, 0.25) is 5.52 Å². The molecule has 5 rings (SSSR count). The Morgan fingerprint density at radius 2 is 1.85 bits per heavy atom. The lowest BCUT2D eigenvalue weighted by Gasteiger charge is -2.14. The molecule has 1 saturated heterocycles. The van der Waals surface area contributed by atoms with Crippen molar-refractivity contribution >= 4 is 67.6 Å². The van der Waals surface area contributed by atoms with Gasteiger partial charge in [0, 0.05) is 36.8 Å². The monoisotopic (exact) mass is 621 g/mol. The van der Waals surface area contributed by atoms with E-state index in [1.54, 1.807) is 11.3 Å². The number of hydrogen-bond acceptors (Lipinski definition) is 5. The van der Waals surface area contributed by atoms with Gasteiger partial charge in [0.05, 0.1) is 15.6 Å². The van der Waals surface area contributed by atoms with Crippen molar-refractivity contribution in [3.05, 3.63) is 72.1 Å². The van der Waals surface area contributed by atoms with Crippen LogP contribution in [0.5, 0.6) is 0 Å². The molecule has 0 amide bonds. The van der Waals surface area contributed by atoms with Crippen molar-refractivity contribution in [1.29, 1.82) is 0 Å². The highest BCUT2D eigenvalue weighted by molar-refractivity contribution is 8.03. The van der Waals surface area contributed by atoms with Gasteiger partial charge in [0.15, 0.2) is 0 Å². The first-order chi connectivity index (χ1) is 16.1. The maximum Gasteiger partial charge on any atom is 0.269 e. The minimum absolute atomic E-state index is 0. The molecular weight excluding hydrogens is 593 g/mol. The van der Waals surface area contributed by atoms with Gasteiger partial charge in [-0.05, 0) is 44.4 Å². The second kappa shape index (κ2) is 11.0. The van der Waals surface area contributed by atoms with Crippen LogP contribution in [-0.2, 0) is 13.1 Å². The summed E-state index contributed by atoms with van der Waals surface area (Å²) in [4.78, 5) is 15.5. The number of halogens is 1. The van der Waals surface area contributed by atoms with Crippen LogP contribution in [0.3, 0.4) is 0 Å². The first kappa shape index (κ1) is 25.5. The Hall–Kier alpha value is -1.62. The smallest absolute Gasteiger partial charge is 0.269 e. The summed E-state index contributed by atoms with van der Waals surface area (Å²) in [6.45, 7) is 10.1. The molecule has 3 heterocycles. The summed E-state index contributed by atoms with van der Waals surface area (Å²) in [6.07, 6.45) is 6.33. The van der Waals surface area contributed by atoms with Crippen molar-refractivity contribution in [3.8, 4) is 0 Å². The van der Waals surface area contributed by atoms with Crippen LogP contribution >= 0.6 is 34.4 Å². The first-order valence-corrected chi connectivity index (χ1v) is 14.1. The maximum absolute atomic E-state index is 13.1. The molecule has 178 valence electrons. The number of allylic oxidation sites excluding steroid dienone is 1. The van der Waals surface area contributed by atoms with Gasteiger partial charge in [-0.1, -0.05) is 35.6 Å². The van der Waals surface area contributed by atoms with E-state index >= 15 is 0 Å². The average molecular weight is 622 g/mol. The van der Waals surface area contributed by atoms with Crippen molar-refractivity contribution in [3.63, 3.8) is 0 Å². The highest BCUT2D eigenvalue weighted by Crippen LogP contribution is 2.30. The number of benzene rings is 2. The van der Waals surface area contributed by atoms with Gasteiger partial charge in [0.25, 0.3) is 10.6 Å². The van der Waals surface area contributed by atoms with Crippen LogP contribution in [-0.4, -0.2) is 28.3 Å². The minimum Gasteiger partial charge on any atom is -1.00 e. The maximum atomic E-state index is 13.1. The normalized spacial score (nSPS) is 16.3. The molecule has 0 aliphatic carbocycles. The van der Waals surface area contributed by atoms with E-state index in [0.29, 0.717) is 6.54 Å². The summed E-state index contributed by atoms with van der Waals surface area (Å²) in [5.41, 5.74) is 1.36. The third-order valence-electron chi connectivity index (χ3n) is 6.12. The number of aryl methyl sites for hydroxylation is 1. The third-order valence-corrected chi connectivity index (χ3v) is 9.46. The highest BCUT2D eigenvalue weighted by Gasteiger charge is 2.20. The van der Waals surface area contributed by atoms with Crippen LogP contribution in [0.4, 0.5) is 0 Å². The highest BCUT2D eigenvalue weighted by atomic mass is 127. The van der Waals surface area contributed by atoms with Gasteiger partial charge < -0.3 is 28.9 Å². The number of thiazole rings is 2. The second-order valence-electron chi connectivity index (χ2n) is 7.92. The summed E-state index contributed by atoms with van der Waals surface area (Å²) in [5.74, 6) is 1.12. The molecular formula is C26H28IN3OS3. The second-order valence-corrected chi connectivity index (χ2v) is 11.1. The lowest BCUT2D eigenvalue weighted by molar-refractivity contribution is -0.665. The lowest BCUT2D eigenvalue weighted by atomic mass is 10.1. The van der Waals surface area contributed by atoms with Crippen LogP contribution in [0, 0.1) is 0 Å². The van der Waals surface area contributed by atoms with Crippen molar-refractivity contribution < 1.29 is 28.5 Å². The SMILES string of the molecule is CCN1CCS/C1=C\C=c1/s/c(=C\c2sc3c4ccccc4ccc3[n+]2CC)n(CC)c1=O.[I-].